The molecule has 0 aliphatic heterocycles. The molecule has 0 bridgehead atoms. The van der Waals surface area contributed by atoms with Gasteiger partial charge in [0.25, 0.3) is 15.9 Å². The van der Waals surface area contributed by atoms with Crippen LogP contribution in [0, 0.1) is 17.1 Å². The van der Waals surface area contributed by atoms with Gasteiger partial charge < -0.3 is 5.32 Å². The number of nitrogens with zero attached hydrogens (tertiary/aromatic N) is 1. The molecule has 3 rings (SSSR count). The predicted octanol–water partition coefficient (Wildman–Crippen LogP) is 3.75. The van der Waals surface area contributed by atoms with E-state index in [0.717, 1.165) is 0 Å². The van der Waals surface area contributed by atoms with Crippen LogP contribution >= 0.6 is 0 Å². The number of anilines is 2. The molecule has 0 saturated heterocycles. The Morgan fingerprint density at radius 1 is 0.929 bits per heavy atom. The van der Waals surface area contributed by atoms with Gasteiger partial charge in [0.05, 0.1) is 16.1 Å². The Morgan fingerprint density at radius 3 is 2.21 bits per heavy atom. The van der Waals surface area contributed by atoms with Gasteiger partial charge in [-0.25, -0.2) is 12.8 Å². The minimum Gasteiger partial charge on any atom is -0.322 e. The van der Waals surface area contributed by atoms with Gasteiger partial charge in [-0.15, -0.1) is 0 Å². The van der Waals surface area contributed by atoms with Crippen LogP contribution < -0.4 is 10.0 Å². The summed E-state index contributed by atoms with van der Waals surface area (Å²) >= 11 is 0. The van der Waals surface area contributed by atoms with Gasteiger partial charge in [0.2, 0.25) is 0 Å². The molecule has 0 fully saturated rings. The number of halogens is 1. The van der Waals surface area contributed by atoms with Crippen LogP contribution in [0.15, 0.2) is 77.7 Å². The molecule has 0 aromatic heterocycles. The van der Waals surface area contributed by atoms with E-state index in [1.807, 2.05) is 6.07 Å². The number of benzene rings is 3. The summed E-state index contributed by atoms with van der Waals surface area (Å²) in [5.74, 6) is -0.878. The first-order valence-electron chi connectivity index (χ1n) is 8.08. The maximum absolute atomic E-state index is 12.9. The molecular weight excluding hydrogens is 381 g/mol. The molecule has 140 valence electrons. The van der Waals surface area contributed by atoms with Gasteiger partial charge in [-0.3, -0.25) is 9.52 Å². The zero-order valence-electron chi connectivity index (χ0n) is 14.4. The van der Waals surface area contributed by atoms with E-state index >= 15 is 0 Å². The third kappa shape index (κ3) is 4.34. The van der Waals surface area contributed by atoms with E-state index in [1.54, 1.807) is 12.1 Å². The maximum Gasteiger partial charge on any atom is 0.261 e. The van der Waals surface area contributed by atoms with Crippen LogP contribution in [0.1, 0.15) is 15.9 Å². The average molecular weight is 395 g/mol. The predicted molar refractivity (Wildman–Crippen MR) is 103 cm³/mol. The fourth-order valence-electron chi connectivity index (χ4n) is 2.40. The zero-order valence-corrected chi connectivity index (χ0v) is 15.2. The Kier molecular flexibility index (Phi) is 5.38. The van der Waals surface area contributed by atoms with Crippen molar-refractivity contribution in [1.29, 1.82) is 5.26 Å². The van der Waals surface area contributed by atoms with Crippen molar-refractivity contribution in [2.24, 2.45) is 0 Å². The maximum atomic E-state index is 12.9. The molecule has 0 spiro atoms. The summed E-state index contributed by atoms with van der Waals surface area (Å²) in [6, 6.07) is 18.7. The number of amides is 1. The van der Waals surface area contributed by atoms with Crippen LogP contribution in [0.5, 0.6) is 0 Å². The molecule has 0 saturated carbocycles. The van der Waals surface area contributed by atoms with Crippen molar-refractivity contribution in [2.45, 2.75) is 4.90 Å². The van der Waals surface area contributed by atoms with E-state index in [9.17, 15) is 17.6 Å². The van der Waals surface area contributed by atoms with Crippen molar-refractivity contribution in [2.75, 3.05) is 10.0 Å². The summed E-state index contributed by atoms with van der Waals surface area (Å²) in [4.78, 5) is 12.2. The fourth-order valence-corrected chi connectivity index (χ4v) is 3.47. The first-order valence-corrected chi connectivity index (χ1v) is 9.56. The van der Waals surface area contributed by atoms with E-state index < -0.39 is 21.7 Å². The monoisotopic (exact) mass is 395 g/mol. The molecule has 0 heterocycles. The number of nitrogens with one attached hydrogen (secondary N) is 2. The number of carbonyl (C=O) groups is 1. The highest BCUT2D eigenvalue weighted by molar-refractivity contribution is 7.92. The summed E-state index contributed by atoms with van der Waals surface area (Å²) < 4.78 is 40.3. The number of carbonyl (C=O) groups excluding carboxylic acids is 1. The number of sulfonamides is 1. The molecule has 1 amide bonds. The summed E-state index contributed by atoms with van der Waals surface area (Å²) in [5, 5.41) is 11.7. The van der Waals surface area contributed by atoms with E-state index in [0.29, 0.717) is 5.69 Å². The van der Waals surface area contributed by atoms with Crippen molar-refractivity contribution in [1.82, 2.24) is 0 Å². The average Bonchev–Trinajstić information content (AvgIpc) is 2.70. The van der Waals surface area contributed by atoms with Gasteiger partial charge in [0.15, 0.2) is 0 Å². The van der Waals surface area contributed by atoms with Crippen molar-refractivity contribution < 1.29 is 17.6 Å². The molecule has 6 nitrogen and oxygen atoms in total. The second-order valence-corrected chi connectivity index (χ2v) is 7.43. The lowest BCUT2D eigenvalue weighted by molar-refractivity contribution is 0.102. The molecule has 3 aromatic carbocycles. The van der Waals surface area contributed by atoms with Crippen molar-refractivity contribution in [3.8, 4) is 6.07 Å². The summed E-state index contributed by atoms with van der Waals surface area (Å²) in [6.45, 7) is 0. The summed E-state index contributed by atoms with van der Waals surface area (Å²) in [5.41, 5.74) is 1.02. The number of hydrogen-bond acceptors (Lipinski definition) is 4. The highest BCUT2D eigenvalue weighted by Gasteiger charge is 2.17. The molecule has 8 heteroatoms. The number of nitriles is 1. The van der Waals surface area contributed by atoms with Gasteiger partial charge in [-0.2, -0.15) is 5.26 Å². The Labute approximate surface area is 161 Å². The molecule has 0 aliphatic carbocycles. The first kappa shape index (κ1) is 19.1. The topological polar surface area (TPSA) is 99.1 Å². The van der Waals surface area contributed by atoms with Crippen LogP contribution in [0.3, 0.4) is 0 Å². The minimum absolute atomic E-state index is 0.0569. The van der Waals surface area contributed by atoms with Crippen molar-refractivity contribution in [3.63, 3.8) is 0 Å². The standard InChI is InChI=1S/C20H14FN3O3S/c21-16-7-9-17(10-8-16)23-20(25)14-5-11-18(12-6-14)28(26,27)24-19-4-2-1-3-15(19)13-22/h1-12,24H,(H,23,25). The molecule has 0 atom stereocenters. The van der Waals surface area contributed by atoms with E-state index in [-0.39, 0.29) is 21.7 Å². The molecule has 0 aliphatic rings. The number of para-hydroxylation sites is 1. The zero-order chi connectivity index (χ0) is 20.1. The molecule has 0 unspecified atom stereocenters. The Morgan fingerprint density at radius 2 is 1.57 bits per heavy atom. The normalized spacial score (nSPS) is 10.7. The van der Waals surface area contributed by atoms with Crippen LogP contribution in [0.25, 0.3) is 0 Å². The van der Waals surface area contributed by atoms with E-state index in [2.05, 4.69) is 10.0 Å². The molecular formula is C20H14FN3O3S. The second kappa shape index (κ2) is 7.90. The smallest absolute Gasteiger partial charge is 0.261 e. The van der Waals surface area contributed by atoms with Crippen LogP contribution in [-0.2, 0) is 10.0 Å². The number of rotatable bonds is 5. The summed E-state index contributed by atoms with van der Waals surface area (Å²) in [7, 11) is -3.93. The highest BCUT2D eigenvalue weighted by Crippen LogP contribution is 2.20. The number of hydrogen-bond donors (Lipinski definition) is 2. The first-order chi connectivity index (χ1) is 13.4. The summed E-state index contributed by atoms with van der Waals surface area (Å²) in [6.07, 6.45) is 0. The van der Waals surface area contributed by atoms with Gasteiger partial charge in [0.1, 0.15) is 11.9 Å². The Hall–Kier alpha value is -3.70. The molecule has 0 radical (unpaired) electrons. The third-order valence-corrected chi connectivity index (χ3v) is 5.20. The minimum atomic E-state index is -3.93. The van der Waals surface area contributed by atoms with Crippen molar-refractivity contribution in [3.05, 3.63) is 89.7 Å². The Bertz CT molecular complexity index is 1150. The van der Waals surface area contributed by atoms with Gasteiger partial charge in [0, 0.05) is 11.3 Å². The lowest BCUT2D eigenvalue weighted by atomic mass is 10.2. The van der Waals surface area contributed by atoms with Gasteiger partial charge in [-0.1, -0.05) is 12.1 Å². The van der Waals surface area contributed by atoms with E-state index in [1.165, 1.54) is 60.7 Å². The van der Waals surface area contributed by atoms with Crippen LogP contribution in [0.2, 0.25) is 0 Å². The Balaban J connectivity index is 1.76. The largest absolute Gasteiger partial charge is 0.322 e. The lowest BCUT2D eigenvalue weighted by Gasteiger charge is -2.10. The van der Waals surface area contributed by atoms with Crippen LogP contribution in [-0.4, -0.2) is 14.3 Å². The van der Waals surface area contributed by atoms with Crippen molar-refractivity contribution >= 4 is 27.3 Å². The fraction of sp³-hybridized carbons (Fsp3) is 0. The van der Waals surface area contributed by atoms with Gasteiger partial charge in [-0.05, 0) is 60.7 Å². The third-order valence-electron chi connectivity index (χ3n) is 3.82. The quantitative estimate of drug-likeness (QED) is 0.687. The SMILES string of the molecule is N#Cc1ccccc1NS(=O)(=O)c1ccc(C(=O)Nc2ccc(F)cc2)cc1. The van der Waals surface area contributed by atoms with Crippen LogP contribution in [0.4, 0.5) is 15.8 Å². The molecule has 2 N–H and O–H groups in total. The van der Waals surface area contributed by atoms with E-state index in [4.69, 9.17) is 5.26 Å². The molecule has 3 aromatic rings. The second-order valence-electron chi connectivity index (χ2n) is 5.75. The highest BCUT2D eigenvalue weighted by atomic mass is 32.2. The van der Waals surface area contributed by atoms with Gasteiger partial charge >= 0.3 is 0 Å². The molecule has 28 heavy (non-hydrogen) atoms. The lowest BCUT2D eigenvalue weighted by Crippen LogP contribution is -2.15.